The molecule has 0 atom stereocenters. The summed E-state index contributed by atoms with van der Waals surface area (Å²) in [5, 5.41) is 5.50. The summed E-state index contributed by atoms with van der Waals surface area (Å²) in [5.74, 6) is -1.01. The second-order valence-corrected chi connectivity index (χ2v) is 7.93. The maximum absolute atomic E-state index is 13.1. The average Bonchev–Trinajstić information content (AvgIpc) is 3.20. The number of hydrogen-bond acceptors (Lipinski definition) is 5. The van der Waals surface area contributed by atoms with Crippen molar-refractivity contribution in [2.75, 3.05) is 12.5 Å². The number of halogens is 2. The lowest BCUT2D eigenvalue weighted by molar-refractivity contribution is 0.101. The van der Waals surface area contributed by atoms with Crippen molar-refractivity contribution >= 4 is 34.1 Å². The molecule has 1 amide bonds. The zero-order valence-electron chi connectivity index (χ0n) is 17.8. The second kappa shape index (κ2) is 8.69. The molecule has 5 rings (SSSR count). The minimum atomic E-state index is -0.554. The number of ether oxygens (including phenoxy) is 1. The molecule has 2 aromatic carbocycles. The smallest absolute Gasteiger partial charge is 0.280 e. The van der Waals surface area contributed by atoms with Crippen molar-refractivity contribution in [3.63, 3.8) is 0 Å². The van der Waals surface area contributed by atoms with Gasteiger partial charge in [-0.05, 0) is 48.0 Å². The van der Waals surface area contributed by atoms with E-state index in [0.29, 0.717) is 21.9 Å². The SMILES string of the molecule is COCc1nn2c(ncc3c(=O)n(NC(=O)c4ccc(F)cc4)ccc32)c1-c1ccc(Cl)cc1. The molecule has 0 unspecified atom stereocenters. The minimum absolute atomic E-state index is 0.214. The van der Waals surface area contributed by atoms with Crippen LogP contribution >= 0.6 is 11.6 Å². The fourth-order valence-corrected chi connectivity index (χ4v) is 3.85. The number of fused-ring (bicyclic) bond motifs is 3. The van der Waals surface area contributed by atoms with Gasteiger partial charge in [-0.1, -0.05) is 23.7 Å². The van der Waals surface area contributed by atoms with Crippen LogP contribution in [-0.2, 0) is 11.3 Å². The van der Waals surface area contributed by atoms with E-state index < -0.39 is 17.3 Å². The van der Waals surface area contributed by atoms with Gasteiger partial charge in [0, 0.05) is 30.1 Å². The first-order chi connectivity index (χ1) is 16.5. The van der Waals surface area contributed by atoms with Gasteiger partial charge >= 0.3 is 0 Å². The van der Waals surface area contributed by atoms with Gasteiger partial charge in [0.15, 0.2) is 5.65 Å². The number of nitrogens with one attached hydrogen (secondary N) is 1. The molecule has 0 aliphatic rings. The lowest BCUT2D eigenvalue weighted by Crippen LogP contribution is -2.33. The van der Waals surface area contributed by atoms with Crippen LogP contribution in [0.25, 0.3) is 27.7 Å². The zero-order valence-corrected chi connectivity index (χ0v) is 18.6. The van der Waals surface area contributed by atoms with Gasteiger partial charge in [-0.3, -0.25) is 15.0 Å². The summed E-state index contributed by atoms with van der Waals surface area (Å²) in [6.45, 7) is 0.244. The van der Waals surface area contributed by atoms with E-state index in [1.807, 2.05) is 12.1 Å². The van der Waals surface area contributed by atoms with Crippen molar-refractivity contribution in [2.24, 2.45) is 0 Å². The number of carbonyl (C=O) groups excluding carboxylic acids is 1. The normalized spacial score (nSPS) is 11.3. The first-order valence-corrected chi connectivity index (χ1v) is 10.6. The summed E-state index contributed by atoms with van der Waals surface area (Å²) in [7, 11) is 1.57. The number of hydrogen-bond donors (Lipinski definition) is 1. The number of rotatable bonds is 5. The maximum atomic E-state index is 13.1. The highest BCUT2D eigenvalue weighted by Gasteiger charge is 2.19. The topological polar surface area (TPSA) is 90.5 Å². The van der Waals surface area contributed by atoms with Crippen LogP contribution in [0.5, 0.6) is 0 Å². The Hall–Kier alpha value is -4.08. The van der Waals surface area contributed by atoms with Crippen molar-refractivity contribution in [3.05, 3.63) is 99.4 Å². The van der Waals surface area contributed by atoms with Crippen LogP contribution in [0.15, 0.2) is 71.8 Å². The van der Waals surface area contributed by atoms with E-state index in [1.165, 1.54) is 36.7 Å². The molecule has 170 valence electrons. The standard InChI is InChI=1S/C24H17ClFN5O3/c1-34-13-19-21(14-2-6-16(25)7-3-14)22-27-12-18-20(31(22)28-19)10-11-30(24(18)33)29-23(32)15-4-8-17(26)9-5-15/h2-12H,13H2,1H3,(H,29,32). The minimum Gasteiger partial charge on any atom is -0.378 e. The van der Waals surface area contributed by atoms with E-state index in [2.05, 4.69) is 15.5 Å². The molecule has 0 saturated carbocycles. The third-order valence-electron chi connectivity index (χ3n) is 5.33. The van der Waals surface area contributed by atoms with Crippen LogP contribution < -0.4 is 11.0 Å². The number of amides is 1. The molecule has 5 aromatic rings. The van der Waals surface area contributed by atoms with Crippen molar-refractivity contribution in [3.8, 4) is 11.1 Å². The highest BCUT2D eigenvalue weighted by molar-refractivity contribution is 6.30. The van der Waals surface area contributed by atoms with E-state index in [9.17, 15) is 14.0 Å². The zero-order chi connectivity index (χ0) is 23.8. The summed E-state index contributed by atoms with van der Waals surface area (Å²) in [6, 6.07) is 14.0. The van der Waals surface area contributed by atoms with Gasteiger partial charge in [-0.25, -0.2) is 18.6 Å². The number of aromatic nitrogens is 4. The Morgan fingerprint density at radius 2 is 1.85 bits per heavy atom. The molecule has 3 heterocycles. The molecular formula is C24H17ClFN5O3. The molecule has 0 aliphatic heterocycles. The summed E-state index contributed by atoms with van der Waals surface area (Å²) in [6.07, 6.45) is 2.89. The van der Waals surface area contributed by atoms with Crippen molar-refractivity contribution in [1.82, 2.24) is 19.3 Å². The highest BCUT2D eigenvalue weighted by atomic mass is 35.5. The molecule has 0 saturated heterocycles. The van der Waals surface area contributed by atoms with Crippen molar-refractivity contribution < 1.29 is 13.9 Å². The Balaban J connectivity index is 1.61. The van der Waals surface area contributed by atoms with Crippen LogP contribution in [0.2, 0.25) is 5.02 Å². The van der Waals surface area contributed by atoms with E-state index >= 15 is 0 Å². The van der Waals surface area contributed by atoms with Crippen LogP contribution in [0, 0.1) is 5.82 Å². The monoisotopic (exact) mass is 477 g/mol. The lowest BCUT2D eigenvalue weighted by atomic mass is 10.1. The molecule has 0 spiro atoms. The fraction of sp³-hybridized carbons (Fsp3) is 0.0833. The van der Waals surface area contributed by atoms with Gasteiger partial charge in [0.05, 0.1) is 28.8 Å². The molecule has 8 nitrogen and oxygen atoms in total. The molecule has 0 bridgehead atoms. The molecule has 34 heavy (non-hydrogen) atoms. The number of benzene rings is 2. The molecule has 1 N–H and O–H groups in total. The Morgan fingerprint density at radius 1 is 1.12 bits per heavy atom. The van der Waals surface area contributed by atoms with Crippen LogP contribution in [0.4, 0.5) is 4.39 Å². The number of nitrogens with zero attached hydrogens (tertiary/aromatic N) is 4. The quantitative estimate of drug-likeness (QED) is 0.412. The maximum Gasteiger partial charge on any atom is 0.280 e. The summed E-state index contributed by atoms with van der Waals surface area (Å²) >= 11 is 6.04. The van der Waals surface area contributed by atoms with Gasteiger partial charge in [0.25, 0.3) is 11.5 Å². The Bertz CT molecular complexity index is 1590. The van der Waals surface area contributed by atoms with E-state index in [1.54, 1.807) is 29.8 Å². The Kier molecular flexibility index (Phi) is 5.56. The second-order valence-electron chi connectivity index (χ2n) is 7.49. The summed E-state index contributed by atoms with van der Waals surface area (Å²) < 4.78 is 21.1. The van der Waals surface area contributed by atoms with Crippen LogP contribution in [0.3, 0.4) is 0 Å². The molecule has 0 radical (unpaired) electrons. The van der Waals surface area contributed by atoms with Gasteiger partial charge in [0.2, 0.25) is 0 Å². The van der Waals surface area contributed by atoms with Gasteiger partial charge in [-0.2, -0.15) is 5.10 Å². The van der Waals surface area contributed by atoms with Gasteiger partial charge < -0.3 is 4.74 Å². The molecule has 0 fully saturated rings. The predicted octanol–water partition coefficient (Wildman–Crippen LogP) is 4.03. The van der Waals surface area contributed by atoms with E-state index in [4.69, 9.17) is 16.3 Å². The van der Waals surface area contributed by atoms with E-state index in [0.717, 1.165) is 15.8 Å². The first kappa shape index (κ1) is 21.7. The first-order valence-electron chi connectivity index (χ1n) is 10.2. The van der Waals surface area contributed by atoms with Crippen molar-refractivity contribution in [2.45, 2.75) is 6.61 Å². The van der Waals surface area contributed by atoms with Gasteiger partial charge in [0.1, 0.15) is 5.82 Å². The van der Waals surface area contributed by atoms with E-state index in [-0.39, 0.29) is 17.6 Å². The fourth-order valence-electron chi connectivity index (χ4n) is 3.73. The third-order valence-corrected chi connectivity index (χ3v) is 5.58. The van der Waals surface area contributed by atoms with Crippen molar-refractivity contribution in [1.29, 1.82) is 0 Å². The lowest BCUT2D eigenvalue weighted by Gasteiger charge is -2.10. The van der Waals surface area contributed by atoms with Gasteiger partial charge in [-0.15, -0.1) is 0 Å². The average molecular weight is 478 g/mol. The van der Waals surface area contributed by atoms with Crippen LogP contribution in [-0.4, -0.2) is 32.3 Å². The Morgan fingerprint density at radius 3 is 2.56 bits per heavy atom. The third kappa shape index (κ3) is 3.81. The predicted molar refractivity (Wildman–Crippen MR) is 126 cm³/mol. The summed E-state index contributed by atoms with van der Waals surface area (Å²) in [4.78, 5) is 30.1. The molecule has 0 aliphatic carbocycles. The van der Waals surface area contributed by atoms with Crippen LogP contribution in [0.1, 0.15) is 16.1 Å². The molecular weight excluding hydrogens is 461 g/mol. The number of pyridine rings is 1. The number of carbonyl (C=O) groups is 1. The number of methoxy groups -OCH3 is 1. The molecule has 10 heteroatoms. The Labute approximate surface area is 197 Å². The highest BCUT2D eigenvalue weighted by Crippen LogP contribution is 2.30. The largest absolute Gasteiger partial charge is 0.378 e. The summed E-state index contributed by atoms with van der Waals surface area (Å²) in [5.41, 5.74) is 5.58. The molecule has 3 aromatic heterocycles.